The second-order valence-corrected chi connectivity index (χ2v) is 5.58. The van der Waals surface area contributed by atoms with Gasteiger partial charge in [-0.2, -0.15) is 0 Å². The topological polar surface area (TPSA) is 54.3 Å². The first-order chi connectivity index (χ1) is 9.69. The van der Waals surface area contributed by atoms with Gasteiger partial charge < -0.3 is 14.8 Å². The van der Waals surface area contributed by atoms with Gasteiger partial charge in [0.25, 0.3) is 5.56 Å². The van der Waals surface area contributed by atoms with E-state index in [0.717, 1.165) is 25.2 Å². The third kappa shape index (κ3) is 2.24. The van der Waals surface area contributed by atoms with Crippen molar-refractivity contribution >= 4 is 6.03 Å². The number of hydrogen-bond donors (Lipinski definition) is 1. The van der Waals surface area contributed by atoms with E-state index in [2.05, 4.69) is 11.9 Å². The van der Waals surface area contributed by atoms with Gasteiger partial charge in [-0.15, -0.1) is 6.58 Å². The standard InChI is InChI=1S/C15H19N3O2/c1-2-6-16-15(20)17-8-11-7-12(10-17)13-4-3-5-14(19)18(13)9-11/h2-5,11-12H,1,6-10H2,(H,16,20). The Morgan fingerprint density at radius 3 is 3.05 bits per heavy atom. The quantitative estimate of drug-likeness (QED) is 0.822. The number of piperidine rings is 1. The van der Waals surface area contributed by atoms with Gasteiger partial charge >= 0.3 is 6.03 Å². The summed E-state index contributed by atoms with van der Waals surface area (Å²) >= 11 is 0. The number of urea groups is 1. The summed E-state index contributed by atoms with van der Waals surface area (Å²) in [7, 11) is 0. The summed E-state index contributed by atoms with van der Waals surface area (Å²) in [5.41, 5.74) is 1.14. The highest BCUT2D eigenvalue weighted by molar-refractivity contribution is 5.74. The Bertz CT molecular complexity index is 593. The smallest absolute Gasteiger partial charge is 0.317 e. The largest absolute Gasteiger partial charge is 0.335 e. The first-order valence-electron chi connectivity index (χ1n) is 7.02. The molecule has 3 rings (SSSR count). The molecule has 5 heteroatoms. The number of carbonyl (C=O) groups is 1. The van der Waals surface area contributed by atoms with Crippen molar-refractivity contribution in [3.63, 3.8) is 0 Å². The minimum atomic E-state index is -0.0358. The molecule has 2 aliphatic rings. The molecule has 2 atom stereocenters. The molecule has 0 aromatic carbocycles. The van der Waals surface area contributed by atoms with Gasteiger partial charge in [0.2, 0.25) is 0 Å². The Balaban J connectivity index is 1.82. The predicted molar refractivity (Wildman–Crippen MR) is 76.7 cm³/mol. The van der Waals surface area contributed by atoms with Gasteiger partial charge in [-0.05, 0) is 18.4 Å². The molecule has 0 saturated carbocycles. The SMILES string of the molecule is C=CCNC(=O)N1CC2CC(C1)c1cccc(=O)n1C2. The van der Waals surface area contributed by atoms with Crippen molar-refractivity contribution in [2.75, 3.05) is 19.6 Å². The molecule has 5 nitrogen and oxygen atoms in total. The summed E-state index contributed by atoms with van der Waals surface area (Å²) in [4.78, 5) is 25.8. The van der Waals surface area contributed by atoms with Gasteiger partial charge in [0.05, 0.1) is 0 Å². The monoisotopic (exact) mass is 273 g/mol. The Morgan fingerprint density at radius 1 is 1.40 bits per heavy atom. The average molecular weight is 273 g/mol. The number of hydrogen-bond acceptors (Lipinski definition) is 2. The average Bonchev–Trinajstić information content (AvgIpc) is 2.46. The Labute approximate surface area is 117 Å². The number of amides is 2. The number of aromatic nitrogens is 1. The Kier molecular flexibility index (Phi) is 3.34. The zero-order valence-corrected chi connectivity index (χ0v) is 11.4. The van der Waals surface area contributed by atoms with Crippen LogP contribution in [0.4, 0.5) is 4.79 Å². The van der Waals surface area contributed by atoms with E-state index >= 15 is 0 Å². The lowest BCUT2D eigenvalue weighted by Gasteiger charge is -2.42. The summed E-state index contributed by atoms with van der Waals surface area (Å²) in [6, 6.07) is 5.39. The number of carbonyl (C=O) groups excluding carboxylic acids is 1. The number of likely N-dealkylation sites (tertiary alicyclic amines) is 1. The molecule has 2 aliphatic heterocycles. The Morgan fingerprint density at radius 2 is 2.25 bits per heavy atom. The third-order valence-corrected chi connectivity index (χ3v) is 4.16. The van der Waals surface area contributed by atoms with E-state index < -0.39 is 0 Å². The molecule has 2 bridgehead atoms. The molecule has 0 aliphatic carbocycles. The van der Waals surface area contributed by atoms with E-state index in [-0.39, 0.29) is 17.5 Å². The second kappa shape index (κ2) is 5.15. The molecular formula is C15H19N3O2. The van der Waals surface area contributed by atoms with Crippen LogP contribution in [0.5, 0.6) is 0 Å². The maximum Gasteiger partial charge on any atom is 0.317 e. The van der Waals surface area contributed by atoms with E-state index in [1.54, 1.807) is 12.1 Å². The molecular weight excluding hydrogens is 254 g/mol. The van der Waals surface area contributed by atoms with Crippen LogP contribution in [0.15, 0.2) is 35.6 Å². The number of nitrogens with zero attached hydrogens (tertiary/aromatic N) is 2. The summed E-state index contributed by atoms with van der Waals surface area (Å²) in [6.07, 6.45) is 2.74. The van der Waals surface area contributed by atoms with Crippen LogP contribution in [0.3, 0.4) is 0 Å². The van der Waals surface area contributed by atoms with Crippen LogP contribution in [0.2, 0.25) is 0 Å². The minimum absolute atomic E-state index is 0.0358. The van der Waals surface area contributed by atoms with Gasteiger partial charge in [-0.3, -0.25) is 4.79 Å². The molecule has 1 aromatic heterocycles. The zero-order chi connectivity index (χ0) is 14.1. The normalized spacial score (nSPS) is 23.9. The number of rotatable bonds is 2. The molecule has 1 fully saturated rings. The highest BCUT2D eigenvalue weighted by Crippen LogP contribution is 2.34. The molecule has 0 spiro atoms. The molecule has 20 heavy (non-hydrogen) atoms. The van der Waals surface area contributed by atoms with Crippen molar-refractivity contribution < 1.29 is 4.79 Å². The molecule has 2 unspecified atom stereocenters. The fourth-order valence-corrected chi connectivity index (χ4v) is 3.33. The van der Waals surface area contributed by atoms with Crippen LogP contribution in [-0.2, 0) is 6.54 Å². The number of fused-ring (bicyclic) bond motifs is 4. The molecule has 2 amide bonds. The van der Waals surface area contributed by atoms with E-state index in [4.69, 9.17) is 0 Å². The van der Waals surface area contributed by atoms with Crippen LogP contribution in [0.25, 0.3) is 0 Å². The van der Waals surface area contributed by atoms with Crippen molar-refractivity contribution in [3.8, 4) is 0 Å². The van der Waals surface area contributed by atoms with Crippen LogP contribution in [0, 0.1) is 5.92 Å². The predicted octanol–water partition coefficient (Wildman–Crippen LogP) is 1.16. The summed E-state index contributed by atoms with van der Waals surface area (Å²) in [5.74, 6) is 0.640. The zero-order valence-electron chi connectivity index (χ0n) is 11.4. The maximum absolute atomic E-state index is 12.1. The van der Waals surface area contributed by atoms with E-state index in [1.165, 1.54) is 0 Å². The lowest BCUT2D eigenvalue weighted by atomic mass is 9.83. The first kappa shape index (κ1) is 13.0. The van der Waals surface area contributed by atoms with Gasteiger partial charge in [-0.25, -0.2) is 4.79 Å². The van der Waals surface area contributed by atoms with Gasteiger partial charge in [0, 0.05) is 43.9 Å². The minimum Gasteiger partial charge on any atom is -0.335 e. The van der Waals surface area contributed by atoms with Crippen molar-refractivity contribution in [2.45, 2.75) is 18.9 Å². The Hall–Kier alpha value is -2.04. The molecule has 106 valence electrons. The summed E-state index contributed by atoms with van der Waals surface area (Å²) < 4.78 is 1.87. The second-order valence-electron chi connectivity index (χ2n) is 5.58. The van der Waals surface area contributed by atoms with Crippen LogP contribution in [-0.4, -0.2) is 35.1 Å². The van der Waals surface area contributed by atoms with E-state index in [9.17, 15) is 9.59 Å². The molecule has 0 radical (unpaired) electrons. The van der Waals surface area contributed by atoms with Crippen LogP contribution in [0.1, 0.15) is 18.0 Å². The molecule has 1 N–H and O–H groups in total. The lowest BCUT2D eigenvalue weighted by molar-refractivity contribution is 0.132. The van der Waals surface area contributed by atoms with Crippen molar-refractivity contribution in [3.05, 3.63) is 46.9 Å². The number of pyridine rings is 1. The number of nitrogens with one attached hydrogen (secondary N) is 1. The van der Waals surface area contributed by atoms with Crippen molar-refractivity contribution in [1.82, 2.24) is 14.8 Å². The van der Waals surface area contributed by atoms with Crippen LogP contribution >= 0.6 is 0 Å². The van der Waals surface area contributed by atoms with Crippen LogP contribution < -0.4 is 10.9 Å². The molecule has 1 saturated heterocycles. The van der Waals surface area contributed by atoms with Gasteiger partial charge in [-0.1, -0.05) is 12.1 Å². The maximum atomic E-state index is 12.1. The van der Waals surface area contributed by atoms with Gasteiger partial charge in [0.15, 0.2) is 0 Å². The van der Waals surface area contributed by atoms with E-state index in [1.807, 2.05) is 21.6 Å². The van der Waals surface area contributed by atoms with E-state index in [0.29, 0.717) is 19.0 Å². The summed E-state index contributed by atoms with van der Waals surface area (Å²) in [6.45, 7) is 6.21. The molecule has 1 aromatic rings. The fourth-order valence-electron chi connectivity index (χ4n) is 3.33. The fraction of sp³-hybridized carbons (Fsp3) is 0.467. The lowest BCUT2D eigenvalue weighted by Crippen LogP contribution is -2.51. The molecule has 3 heterocycles. The third-order valence-electron chi connectivity index (χ3n) is 4.16. The van der Waals surface area contributed by atoms with Crippen molar-refractivity contribution in [1.29, 1.82) is 0 Å². The highest BCUT2D eigenvalue weighted by atomic mass is 16.2. The van der Waals surface area contributed by atoms with Gasteiger partial charge in [0.1, 0.15) is 0 Å². The first-order valence-corrected chi connectivity index (χ1v) is 7.02. The highest BCUT2D eigenvalue weighted by Gasteiger charge is 2.35. The summed E-state index contributed by atoms with van der Waals surface area (Å²) in [5, 5.41) is 2.83. The van der Waals surface area contributed by atoms with Crippen molar-refractivity contribution in [2.24, 2.45) is 5.92 Å².